The van der Waals surface area contributed by atoms with Crippen molar-refractivity contribution < 1.29 is 4.79 Å². The van der Waals surface area contributed by atoms with Crippen LogP contribution in [0.25, 0.3) is 16.7 Å². The summed E-state index contributed by atoms with van der Waals surface area (Å²) in [5.74, 6) is -0.254. The number of fused-ring (bicyclic) bond motifs is 1. The number of rotatable bonds is 4. The Morgan fingerprint density at radius 2 is 1.71 bits per heavy atom. The van der Waals surface area contributed by atoms with E-state index in [0.717, 1.165) is 23.2 Å². The fourth-order valence-electron chi connectivity index (χ4n) is 3.02. The molecule has 0 fully saturated rings. The van der Waals surface area contributed by atoms with Crippen LogP contribution in [0.4, 0.5) is 5.69 Å². The van der Waals surface area contributed by atoms with Crippen LogP contribution in [-0.4, -0.2) is 20.9 Å². The van der Waals surface area contributed by atoms with Crippen molar-refractivity contribution in [1.82, 2.24) is 15.0 Å². The molecule has 0 spiro atoms. The van der Waals surface area contributed by atoms with E-state index in [1.54, 1.807) is 29.1 Å². The summed E-state index contributed by atoms with van der Waals surface area (Å²) in [5, 5.41) is 12.5. The lowest BCUT2D eigenvalue weighted by Gasteiger charge is -2.09. The topological polar surface area (TPSA) is 59.8 Å². The summed E-state index contributed by atoms with van der Waals surface area (Å²) in [6.45, 7) is 4.05. The molecule has 140 valence electrons. The first-order chi connectivity index (χ1) is 13.5. The number of carbonyl (C=O) groups excluding carboxylic acids is 1. The highest BCUT2D eigenvalue weighted by Crippen LogP contribution is 2.24. The molecule has 0 atom stereocenters. The van der Waals surface area contributed by atoms with Crippen molar-refractivity contribution in [2.45, 2.75) is 20.3 Å². The molecule has 0 aliphatic carbocycles. The summed E-state index contributed by atoms with van der Waals surface area (Å²) in [6.07, 6.45) is 0.989. The molecule has 0 saturated carbocycles. The minimum Gasteiger partial charge on any atom is -0.322 e. The maximum Gasteiger partial charge on any atom is 0.257 e. The molecule has 28 heavy (non-hydrogen) atoms. The van der Waals surface area contributed by atoms with E-state index < -0.39 is 0 Å². The van der Waals surface area contributed by atoms with E-state index in [1.807, 2.05) is 31.2 Å². The Hall–Kier alpha value is -3.18. The number of nitrogens with zero attached hydrogens (tertiary/aromatic N) is 3. The van der Waals surface area contributed by atoms with Gasteiger partial charge >= 0.3 is 0 Å². The number of halogens is 1. The Bertz CT molecular complexity index is 1170. The number of hydrogen-bond donors (Lipinski definition) is 1. The van der Waals surface area contributed by atoms with Crippen molar-refractivity contribution in [2.24, 2.45) is 0 Å². The fourth-order valence-corrected chi connectivity index (χ4v) is 3.24. The largest absolute Gasteiger partial charge is 0.322 e. The third-order valence-electron chi connectivity index (χ3n) is 4.67. The highest BCUT2D eigenvalue weighted by Gasteiger charge is 2.13. The molecule has 1 aromatic heterocycles. The van der Waals surface area contributed by atoms with Crippen molar-refractivity contribution in [1.29, 1.82) is 0 Å². The third-order valence-corrected chi connectivity index (χ3v) is 5.00. The summed E-state index contributed by atoms with van der Waals surface area (Å²) in [4.78, 5) is 14.2. The number of amides is 1. The van der Waals surface area contributed by atoms with Crippen molar-refractivity contribution in [3.63, 3.8) is 0 Å². The molecule has 0 bridgehead atoms. The molecule has 1 heterocycles. The molecule has 1 N–H and O–H groups in total. The lowest BCUT2D eigenvalue weighted by molar-refractivity contribution is 0.102. The van der Waals surface area contributed by atoms with Crippen LogP contribution >= 0.6 is 11.6 Å². The predicted molar refractivity (Wildman–Crippen MR) is 112 cm³/mol. The van der Waals surface area contributed by atoms with E-state index >= 15 is 0 Å². The van der Waals surface area contributed by atoms with Crippen molar-refractivity contribution in [3.05, 3.63) is 82.4 Å². The molecule has 4 rings (SSSR count). The zero-order chi connectivity index (χ0) is 19.7. The minimum absolute atomic E-state index is 0.254. The van der Waals surface area contributed by atoms with Gasteiger partial charge in [0, 0.05) is 5.69 Å². The molecule has 5 nitrogen and oxygen atoms in total. The first-order valence-corrected chi connectivity index (χ1v) is 9.46. The van der Waals surface area contributed by atoms with Crippen molar-refractivity contribution in [2.75, 3.05) is 5.32 Å². The summed E-state index contributed by atoms with van der Waals surface area (Å²) >= 11 is 6.13. The lowest BCUT2D eigenvalue weighted by Crippen LogP contribution is -2.13. The Balaban J connectivity index is 1.66. The van der Waals surface area contributed by atoms with Gasteiger partial charge in [-0.25, -0.2) is 0 Å². The normalized spacial score (nSPS) is 11.0. The number of nitrogens with one attached hydrogen (secondary N) is 1. The van der Waals surface area contributed by atoms with E-state index in [4.69, 9.17) is 11.6 Å². The number of aryl methyl sites for hydroxylation is 2. The molecular weight excluding hydrogens is 372 g/mol. The smallest absolute Gasteiger partial charge is 0.257 e. The van der Waals surface area contributed by atoms with Crippen molar-refractivity contribution in [3.8, 4) is 5.69 Å². The maximum atomic E-state index is 12.6. The van der Waals surface area contributed by atoms with Gasteiger partial charge in [0.25, 0.3) is 5.91 Å². The molecule has 0 saturated heterocycles. The van der Waals surface area contributed by atoms with Gasteiger partial charge in [-0.3, -0.25) is 4.79 Å². The molecule has 0 unspecified atom stereocenters. The molecule has 0 radical (unpaired) electrons. The first-order valence-electron chi connectivity index (χ1n) is 9.08. The zero-order valence-electron chi connectivity index (χ0n) is 15.6. The first kappa shape index (κ1) is 18.2. The molecule has 1 amide bonds. The molecule has 0 aliphatic rings. The van der Waals surface area contributed by atoms with E-state index in [0.29, 0.717) is 21.8 Å². The van der Waals surface area contributed by atoms with Crippen LogP contribution in [-0.2, 0) is 6.42 Å². The highest BCUT2D eigenvalue weighted by atomic mass is 35.5. The van der Waals surface area contributed by atoms with Gasteiger partial charge < -0.3 is 5.32 Å². The number of benzene rings is 3. The molecule has 3 aromatic carbocycles. The Morgan fingerprint density at radius 1 is 1.04 bits per heavy atom. The quantitative estimate of drug-likeness (QED) is 0.521. The van der Waals surface area contributed by atoms with Gasteiger partial charge in [0.1, 0.15) is 11.0 Å². The standard InChI is InChI=1S/C22H19ClN4O/c1-3-15-8-10-16(11-9-15)27-25-20-12-14(2)19(13-21(20)26-27)24-22(28)17-6-4-5-7-18(17)23/h4-13H,3H2,1-2H3,(H,24,28). The SMILES string of the molecule is CCc1ccc(-n2nc3cc(C)c(NC(=O)c4ccccc4Cl)cc3n2)cc1. The van der Waals surface area contributed by atoms with Crippen LogP contribution in [0, 0.1) is 6.92 Å². The number of hydrogen-bond acceptors (Lipinski definition) is 3. The lowest BCUT2D eigenvalue weighted by atomic mass is 10.1. The van der Waals surface area contributed by atoms with Crippen LogP contribution < -0.4 is 5.32 Å². The van der Waals surface area contributed by atoms with Crippen LogP contribution in [0.5, 0.6) is 0 Å². The van der Waals surface area contributed by atoms with Gasteiger partial charge in [-0.15, -0.1) is 10.2 Å². The second kappa shape index (κ2) is 7.44. The van der Waals surface area contributed by atoms with Crippen LogP contribution in [0.15, 0.2) is 60.7 Å². The Morgan fingerprint density at radius 3 is 2.39 bits per heavy atom. The number of anilines is 1. The minimum atomic E-state index is -0.254. The Kier molecular flexibility index (Phi) is 4.84. The molecular formula is C22H19ClN4O. The van der Waals surface area contributed by atoms with E-state index in [1.165, 1.54) is 5.56 Å². The van der Waals surface area contributed by atoms with Gasteiger partial charge in [-0.2, -0.15) is 4.80 Å². The average molecular weight is 391 g/mol. The molecule has 4 aromatic rings. The van der Waals surface area contributed by atoms with E-state index in [9.17, 15) is 4.79 Å². The van der Waals surface area contributed by atoms with Crippen LogP contribution in [0.1, 0.15) is 28.4 Å². The summed E-state index contributed by atoms with van der Waals surface area (Å²) < 4.78 is 0. The second-order valence-electron chi connectivity index (χ2n) is 6.60. The van der Waals surface area contributed by atoms with Gasteiger partial charge in [-0.1, -0.05) is 42.8 Å². The van der Waals surface area contributed by atoms with Gasteiger partial charge in [0.05, 0.1) is 16.3 Å². The fraction of sp³-hybridized carbons (Fsp3) is 0.136. The van der Waals surface area contributed by atoms with Gasteiger partial charge in [0.2, 0.25) is 0 Å². The number of carbonyl (C=O) groups is 1. The summed E-state index contributed by atoms with van der Waals surface area (Å²) in [6, 6.07) is 18.9. The van der Waals surface area contributed by atoms with Gasteiger partial charge in [-0.05, 0) is 60.9 Å². The summed E-state index contributed by atoms with van der Waals surface area (Å²) in [7, 11) is 0. The number of aromatic nitrogens is 3. The Labute approximate surface area is 167 Å². The monoisotopic (exact) mass is 390 g/mol. The average Bonchev–Trinajstić information content (AvgIpc) is 3.11. The van der Waals surface area contributed by atoms with Gasteiger partial charge in [0.15, 0.2) is 0 Å². The third kappa shape index (κ3) is 3.49. The summed E-state index contributed by atoms with van der Waals surface area (Å²) in [5.41, 5.74) is 5.66. The van der Waals surface area contributed by atoms with E-state index in [2.05, 4.69) is 34.6 Å². The van der Waals surface area contributed by atoms with Crippen LogP contribution in [0.3, 0.4) is 0 Å². The zero-order valence-corrected chi connectivity index (χ0v) is 16.4. The molecule has 0 aliphatic heterocycles. The second-order valence-corrected chi connectivity index (χ2v) is 7.01. The predicted octanol–water partition coefficient (Wildman–Crippen LogP) is 5.20. The molecule has 6 heteroatoms. The van der Waals surface area contributed by atoms with E-state index in [-0.39, 0.29) is 5.91 Å². The van der Waals surface area contributed by atoms with Crippen molar-refractivity contribution >= 4 is 34.2 Å². The maximum absolute atomic E-state index is 12.6. The van der Waals surface area contributed by atoms with Crippen LogP contribution in [0.2, 0.25) is 5.02 Å². The highest BCUT2D eigenvalue weighted by molar-refractivity contribution is 6.34.